The molecule has 0 aliphatic heterocycles. The molecule has 0 amide bonds. The van der Waals surface area contributed by atoms with E-state index in [1.54, 1.807) is 0 Å². The van der Waals surface area contributed by atoms with E-state index in [0.717, 1.165) is 12.4 Å². The Hall–Kier alpha value is -0.290. The van der Waals surface area contributed by atoms with Gasteiger partial charge in [0.2, 0.25) is 0 Å². The summed E-state index contributed by atoms with van der Waals surface area (Å²) in [6.07, 6.45) is 5.11. The third kappa shape index (κ3) is 8.44. The van der Waals surface area contributed by atoms with Crippen molar-refractivity contribution in [1.29, 1.82) is 0 Å². The standard InChI is InChI=1S/C14H21IO2/c15-10-6-1-2-7-11-16-12-13-17-14-8-4-3-5-9-14/h3-5,8-9H,1-2,6-7,10-13H2. The first-order valence-corrected chi connectivity index (χ1v) is 7.77. The van der Waals surface area contributed by atoms with E-state index in [4.69, 9.17) is 9.47 Å². The van der Waals surface area contributed by atoms with Crippen molar-refractivity contribution < 1.29 is 9.47 Å². The molecule has 0 N–H and O–H groups in total. The molecule has 0 aliphatic carbocycles. The average molecular weight is 348 g/mol. The highest BCUT2D eigenvalue weighted by atomic mass is 127. The van der Waals surface area contributed by atoms with Crippen LogP contribution >= 0.6 is 22.6 Å². The van der Waals surface area contributed by atoms with E-state index in [1.807, 2.05) is 30.3 Å². The van der Waals surface area contributed by atoms with Crippen LogP contribution in [0.3, 0.4) is 0 Å². The minimum absolute atomic E-state index is 0.637. The van der Waals surface area contributed by atoms with Crippen molar-refractivity contribution in [3.63, 3.8) is 0 Å². The summed E-state index contributed by atoms with van der Waals surface area (Å²) in [5.74, 6) is 0.915. The molecule has 0 saturated heterocycles. The smallest absolute Gasteiger partial charge is 0.119 e. The normalized spacial score (nSPS) is 10.4. The molecule has 0 bridgehead atoms. The first kappa shape index (κ1) is 14.8. The van der Waals surface area contributed by atoms with Crippen LogP contribution in [0, 0.1) is 0 Å². The predicted octanol–water partition coefficient (Wildman–Crippen LogP) is 4.08. The van der Waals surface area contributed by atoms with E-state index in [0.29, 0.717) is 13.2 Å². The number of hydrogen-bond acceptors (Lipinski definition) is 2. The van der Waals surface area contributed by atoms with Crippen LogP contribution < -0.4 is 4.74 Å². The van der Waals surface area contributed by atoms with Crippen molar-refractivity contribution in [2.24, 2.45) is 0 Å². The van der Waals surface area contributed by atoms with Gasteiger partial charge in [0, 0.05) is 6.61 Å². The molecule has 1 aromatic carbocycles. The van der Waals surface area contributed by atoms with Crippen LogP contribution in [0.15, 0.2) is 30.3 Å². The molecule has 0 spiro atoms. The van der Waals surface area contributed by atoms with E-state index in [9.17, 15) is 0 Å². The highest BCUT2D eigenvalue weighted by Gasteiger charge is 1.93. The maximum absolute atomic E-state index is 5.53. The molecule has 0 saturated carbocycles. The summed E-state index contributed by atoms with van der Waals surface area (Å²) in [5, 5.41) is 0. The van der Waals surface area contributed by atoms with Crippen molar-refractivity contribution in [2.45, 2.75) is 25.7 Å². The Morgan fingerprint density at radius 3 is 2.35 bits per heavy atom. The van der Waals surface area contributed by atoms with Crippen LogP contribution in [0.5, 0.6) is 5.75 Å². The topological polar surface area (TPSA) is 18.5 Å². The molecule has 0 atom stereocenters. The number of halogens is 1. The van der Waals surface area contributed by atoms with Gasteiger partial charge in [-0.15, -0.1) is 0 Å². The van der Waals surface area contributed by atoms with Gasteiger partial charge in [-0.05, 0) is 29.4 Å². The Balaban J connectivity index is 1.85. The molecule has 2 nitrogen and oxygen atoms in total. The summed E-state index contributed by atoms with van der Waals surface area (Å²) < 4.78 is 12.3. The van der Waals surface area contributed by atoms with Gasteiger partial charge in [0.25, 0.3) is 0 Å². The quantitative estimate of drug-likeness (QED) is 0.360. The number of benzene rings is 1. The lowest BCUT2D eigenvalue weighted by Gasteiger charge is -2.06. The van der Waals surface area contributed by atoms with Gasteiger partial charge in [-0.2, -0.15) is 0 Å². The molecule has 17 heavy (non-hydrogen) atoms. The summed E-state index contributed by atoms with van der Waals surface area (Å²) in [5.41, 5.74) is 0. The molecule has 0 aromatic heterocycles. The molecular weight excluding hydrogens is 327 g/mol. The van der Waals surface area contributed by atoms with Crippen molar-refractivity contribution in [3.8, 4) is 5.75 Å². The van der Waals surface area contributed by atoms with Crippen LogP contribution in [0.25, 0.3) is 0 Å². The molecule has 0 fully saturated rings. The van der Waals surface area contributed by atoms with E-state index in [2.05, 4.69) is 22.6 Å². The fourth-order valence-electron chi connectivity index (χ4n) is 1.49. The first-order chi connectivity index (χ1) is 8.43. The minimum Gasteiger partial charge on any atom is -0.491 e. The van der Waals surface area contributed by atoms with E-state index in [-0.39, 0.29) is 0 Å². The largest absolute Gasteiger partial charge is 0.491 e. The van der Waals surface area contributed by atoms with Crippen LogP contribution in [0.1, 0.15) is 25.7 Å². The second-order valence-corrected chi connectivity index (χ2v) is 4.96. The number of alkyl halides is 1. The zero-order valence-corrected chi connectivity index (χ0v) is 12.4. The SMILES string of the molecule is ICCCCCCOCCOc1ccccc1. The second-order valence-electron chi connectivity index (χ2n) is 3.88. The van der Waals surface area contributed by atoms with Crippen LogP contribution in [-0.4, -0.2) is 24.2 Å². The lowest BCUT2D eigenvalue weighted by molar-refractivity contribution is 0.0971. The Morgan fingerprint density at radius 1 is 0.824 bits per heavy atom. The van der Waals surface area contributed by atoms with Gasteiger partial charge in [-0.3, -0.25) is 0 Å². The number of ether oxygens (including phenoxy) is 2. The van der Waals surface area contributed by atoms with Crippen molar-refractivity contribution >= 4 is 22.6 Å². The summed E-state index contributed by atoms with van der Waals surface area (Å²) in [7, 11) is 0. The van der Waals surface area contributed by atoms with Gasteiger partial charge >= 0.3 is 0 Å². The Labute approximate surface area is 118 Å². The molecule has 0 radical (unpaired) electrons. The second kappa shape index (κ2) is 10.8. The fourth-order valence-corrected chi connectivity index (χ4v) is 2.03. The van der Waals surface area contributed by atoms with Gasteiger partial charge in [0.1, 0.15) is 12.4 Å². The third-order valence-corrected chi connectivity index (χ3v) is 3.17. The highest BCUT2D eigenvalue weighted by Crippen LogP contribution is 2.07. The van der Waals surface area contributed by atoms with Crippen LogP contribution in [-0.2, 0) is 4.74 Å². The van der Waals surface area contributed by atoms with Gasteiger partial charge in [0.05, 0.1) is 6.61 Å². The van der Waals surface area contributed by atoms with E-state index < -0.39 is 0 Å². The average Bonchev–Trinajstić information content (AvgIpc) is 2.38. The maximum Gasteiger partial charge on any atom is 0.119 e. The zero-order valence-electron chi connectivity index (χ0n) is 10.2. The van der Waals surface area contributed by atoms with Gasteiger partial charge in [-0.25, -0.2) is 0 Å². The number of unbranched alkanes of at least 4 members (excludes halogenated alkanes) is 3. The van der Waals surface area contributed by atoms with Gasteiger partial charge in [-0.1, -0.05) is 53.6 Å². The Kier molecular flexibility index (Phi) is 9.42. The predicted molar refractivity (Wildman–Crippen MR) is 80.1 cm³/mol. The Bertz CT molecular complexity index is 264. The van der Waals surface area contributed by atoms with Crippen molar-refractivity contribution in [1.82, 2.24) is 0 Å². The van der Waals surface area contributed by atoms with E-state index >= 15 is 0 Å². The number of rotatable bonds is 10. The molecule has 0 aliphatic rings. The fraction of sp³-hybridized carbons (Fsp3) is 0.571. The molecule has 96 valence electrons. The van der Waals surface area contributed by atoms with Crippen molar-refractivity contribution in [3.05, 3.63) is 30.3 Å². The first-order valence-electron chi connectivity index (χ1n) is 6.25. The van der Waals surface area contributed by atoms with Crippen LogP contribution in [0.4, 0.5) is 0 Å². The summed E-state index contributed by atoms with van der Waals surface area (Å²) in [4.78, 5) is 0. The van der Waals surface area contributed by atoms with Gasteiger partial charge < -0.3 is 9.47 Å². The number of para-hydroxylation sites is 1. The Morgan fingerprint density at radius 2 is 1.59 bits per heavy atom. The molecule has 0 heterocycles. The summed E-state index contributed by atoms with van der Waals surface area (Å²) in [6, 6.07) is 9.86. The monoisotopic (exact) mass is 348 g/mol. The summed E-state index contributed by atoms with van der Waals surface area (Å²) in [6.45, 7) is 2.18. The van der Waals surface area contributed by atoms with Crippen molar-refractivity contribution in [2.75, 3.05) is 24.2 Å². The summed E-state index contributed by atoms with van der Waals surface area (Å²) >= 11 is 2.42. The molecule has 3 heteroatoms. The zero-order chi connectivity index (χ0) is 12.2. The van der Waals surface area contributed by atoms with E-state index in [1.165, 1.54) is 30.1 Å². The third-order valence-electron chi connectivity index (χ3n) is 2.41. The number of hydrogen-bond donors (Lipinski definition) is 0. The highest BCUT2D eigenvalue weighted by molar-refractivity contribution is 14.1. The maximum atomic E-state index is 5.53. The molecule has 1 rings (SSSR count). The lowest BCUT2D eigenvalue weighted by Crippen LogP contribution is -2.07. The lowest BCUT2D eigenvalue weighted by atomic mass is 10.2. The van der Waals surface area contributed by atoms with Gasteiger partial charge in [0.15, 0.2) is 0 Å². The molecule has 0 unspecified atom stereocenters. The molecule has 1 aromatic rings. The van der Waals surface area contributed by atoms with Crippen LogP contribution in [0.2, 0.25) is 0 Å². The minimum atomic E-state index is 0.637. The molecular formula is C14H21IO2.